The number of ether oxygens (including phenoxy) is 1. The van der Waals surface area contributed by atoms with Gasteiger partial charge in [0.2, 0.25) is 0 Å². The maximum absolute atomic E-state index is 12.7. The second-order valence-corrected chi connectivity index (χ2v) is 10.0. The molecule has 0 spiro atoms. The van der Waals surface area contributed by atoms with E-state index in [0.717, 1.165) is 37.9 Å². The van der Waals surface area contributed by atoms with Crippen LogP contribution in [-0.2, 0) is 4.74 Å². The van der Waals surface area contributed by atoms with Gasteiger partial charge in [0.1, 0.15) is 11.8 Å². The van der Waals surface area contributed by atoms with Crippen LogP contribution in [0.2, 0.25) is 5.15 Å². The quantitative estimate of drug-likeness (QED) is 0.440. The van der Waals surface area contributed by atoms with Crippen LogP contribution >= 0.6 is 23.8 Å². The van der Waals surface area contributed by atoms with Crippen molar-refractivity contribution in [2.24, 2.45) is 0 Å². The van der Waals surface area contributed by atoms with Gasteiger partial charge in [0.05, 0.1) is 17.3 Å². The van der Waals surface area contributed by atoms with Gasteiger partial charge in [-0.3, -0.25) is 4.79 Å². The number of hydrogen-bond donors (Lipinski definition) is 1. The lowest BCUT2D eigenvalue weighted by Crippen LogP contribution is -2.48. The minimum atomic E-state index is -0.0837. The van der Waals surface area contributed by atoms with Crippen molar-refractivity contribution in [2.45, 2.75) is 58.2 Å². The van der Waals surface area contributed by atoms with Crippen LogP contribution in [0.25, 0.3) is 0 Å². The number of carbonyl (C=O) groups is 1. The van der Waals surface area contributed by atoms with Crippen LogP contribution in [0, 0.1) is 13.8 Å². The van der Waals surface area contributed by atoms with Gasteiger partial charge in [-0.05, 0) is 69.4 Å². The molecule has 2 aliphatic rings. The van der Waals surface area contributed by atoms with Crippen LogP contribution in [0.15, 0.2) is 36.4 Å². The number of aryl methyl sites for hydroxylation is 2. The molecule has 0 radical (unpaired) electrons. The van der Waals surface area contributed by atoms with Crippen molar-refractivity contribution >= 4 is 34.9 Å². The number of aromatic nitrogens is 1. The van der Waals surface area contributed by atoms with Crippen molar-refractivity contribution in [2.75, 3.05) is 26.2 Å². The van der Waals surface area contributed by atoms with Crippen LogP contribution < -0.4 is 5.32 Å². The summed E-state index contributed by atoms with van der Waals surface area (Å²) < 4.78 is 5.79. The first-order chi connectivity index (χ1) is 16.3. The second-order valence-electron chi connectivity index (χ2n) is 9.29. The molecule has 2 fully saturated rings. The summed E-state index contributed by atoms with van der Waals surface area (Å²) in [6.07, 6.45) is 3.00. The van der Waals surface area contributed by atoms with Gasteiger partial charge in [-0.1, -0.05) is 41.9 Å². The molecule has 0 saturated carbocycles. The van der Waals surface area contributed by atoms with Crippen LogP contribution in [-0.4, -0.2) is 64.2 Å². The Bertz CT molecular complexity index is 1000. The lowest BCUT2D eigenvalue weighted by atomic mass is 9.98. The number of carbonyl (C=O) groups excluding carboxylic acids is 1. The molecule has 0 aliphatic carbocycles. The number of benzene rings is 1. The molecule has 2 unspecified atom stereocenters. The molecule has 182 valence electrons. The molecule has 34 heavy (non-hydrogen) atoms. The maximum Gasteiger partial charge on any atom is 0.260 e. The van der Waals surface area contributed by atoms with E-state index in [2.05, 4.69) is 51.3 Å². The number of likely N-dealkylation sites (tertiary alicyclic amines) is 1. The number of rotatable bonds is 7. The van der Waals surface area contributed by atoms with Crippen molar-refractivity contribution < 1.29 is 9.53 Å². The van der Waals surface area contributed by atoms with E-state index in [1.54, 1.807) is 6.07 Å². The number of piperidine rings is 1. The van der Waals surface area contributed by atoms with Gasteiger partial charge in [-0.25, -0.2) is 4.98 Å². The average molecular weight is 501 g/mol. The van der Waals surface area contributed by atoms with Crippen molar-refractivity contribution in [1.82, 2.24) is 20.1 Å². The standard InChI is InChI=1S/C26H33ClN4O2S/c1-17-15-23(27)29-19(3)24(17)25(32)28-12-9-18(2)30-13-10-21(11-14-30)31-22(16-33-26(31)34)20-7-5-4-6-8-20/h4-8,15,18,21-22H,9-14,16H2,1-3H3,(H,28,32). The Morgan fingerprint density at radius 2 is 1.97 bits per heavy atom. The zero-order chi connectivity index (χ0) is 24.2. The zero-order valence-corrected chi connectivity index (χ0v) is 21.7. The molecule has 8 heteroatoms. The summed E-state index contributed by atoms with van der Waals surface area (Å²) in [6, 6.07) is 13.2. The molecule has 1 aromatic carbocycles. The third-order valence-electron chi connectivity index (χ3n) is 7.05. The highest BCUT2D eigenvalue weighted by Crippen LogP contribution is 2.33. The lowest BCUT2D eigenvalue weighted by Gasteiger charge is -2.41. The molecular formula is C26H33ClN4O2S. The first-order valence-electron chi connectivity index (χ1n) is 12.0. The second kappa shape index (κ2) is 11.0. The van der Waals surface area contributed by atoms with Crippen molar-refractivity contribution in [3.05, 3.63) is 63.9 Å². The molecule has 3 heterocycles. The van der Waals surface area contributed by atoms with E-state index in [1.165, 1.54) is 5.56 Å². The molecule has 1 aromatic heterocycles. The molecule has 1 N–H and O–H groups in total. The molecule has 2 aliphatic heterocycles. The molecular weight excluding hydrogens is 468 g/mol. The zero-order valence-electron chi connectivity index (χ0n) is 20.1. The maximum atomic E-state index is 12.7. The van der Waals surface area contributed by atoms with E-state index in [9.17, 15) is 4.79 Å². The predicted octanol–water partition coefficient (Wildman–Crippen LogP) is 4.68. The molecule has 2 aromatic rings. The summed E-state index contributed by atoms with van der Waals surface area (Å²) >= 11 is 11.6. The highest BCUT2D eigenvalue weighted by Gasteiger charge is 2.38. The van der Waals surface area contributed by atoms with Gasteiger partial charge in [0.25, 0.3) is 11.1 Å². The number of nitrogens with zero attached hydrogens (tertiary/aromatic N) is 3. The largest absolute Gasteiger partial charge is 0.468 e. The first kappa shape index (κ1) is 24.9. The fourth-order valence-electron chi connectivity index (χ4n) is 5.17. The van der Waals surface area contributed by atoms with Gasteiger partial charge in [0.15, 0.2) is 0 Å². The molecule has 2 atom stereocenters. The Hall–Kier alpha value is -2.22. The molecule has 1 amide bonds. The van der Waals surface area contributed by atoms with Gasteiger partial charge < -0.3 is 19.9 Å². The summed E-state index contributed by atoms with van der Waals surface area (Å²) in [6.45, 7) is 9.23. The third-order valence-corrected chi connectivity index (χ3v) is 7.57. The molecule has 2 saturated heterocycles. The van der Waals surface area contributed by atoms with E-state index in [4.69, 9.17) is 28.6 Å². The summed E-state index contributed by atoms with van der Waals surface area (Å²) in [5.41, 5.74) is 3.39. The number of amides is 1. The third kappa shape index (κ3) is 5.53. The Kier molecular flexibility index (Phi) is 8.06. The van der Waals surface area contributed by atoms with E-state index in [1.807, 2.05) is 19.9 Å². The summed E-state index contributed by atoms with van der Waals surface area (Å²) in [4.78, 5) is 21.7. The highest BCUT2D eigenvalue weighted by molar-refractivity contribution is 7.80. The van der Waals surface area contributed by atoms with Gasteiger partial charge >= 0.3 is 0 Å². The van der Waals surface area contributed by atoms with E-state index >= 15 is 0 Å². The van der Waals surface area contributed by atoms with Crippen molar-refractivity contribution in [1.29, 1.82) is 0 Å². The molecule has 6 nitrogen and oxygen atoms in total. The molecule has 4 rings (SSSR count). The first-order valence-corrected chi connectivity index (χ1v) is 12.8. The van der Waals surface area contributed by atoms with Gasteiger partial charge in [-0.2, -0.15) is 0 Å². The highest BCUT2D eigenvalue weighted by atomic mass is 35.5. The number of pyridine rings is 1. The van der Waals surface area contributed by atoms with Crippen LogP contribution in [0.3, 0.4) is 0 Å². The smallest absolute Gasteiger partial charge is 0.260 e. The Morgan fingerprint density at radius 1 is 1.26 bits per heavy atom. The van der Waals surface area contributed by atoms with E-state index in [-0.39, 0.29) is 11.9 Å². The lowest BCUT2D eigenvalue weighted by molar-refractivity contribution is 0.0930. The number of thiocarbonyl (C=S) groups is 1. The van der Waals surface area contributed by atoms with Gasteiger partial charge in [-0.15, -0.1) is 0 Å². The Balaban J connectivity index is 1.26. The Morgan fingerprint density at radius 3 is 2.65 bits per heavy atom. The van der Waals surface area contributed by atoms with E-state index in [0.29, 0.717) is 46.8 Å². The SMILES string of the molecule is Cc1cc(Cl)nc(C)c1C(=O)NCCC(C)N1CCC(N2C(=S)OCC2c2ccccc2)CC1. The monoisotopic (exact) mass is 500 g/mol. The van der Waals surface area contributed by atoms with Crippen molar-refractivity contribution in [3.63, 3.8) is 0 Å². The van der Waals surface area contributed by atoms with Crippen LogP contribution in [0.1, 0.15) is 59.4 Å². The normalized spacial score (nSPS) is 20.3. The summed E-state index contributed by atoms with van der Waals surface area (Å²) in [5.74, 6) is -0.0837. The van der Waals surface area contributed by atoms with Crippen molar-refractivity contribution in [3.8, 4) is 0 Å². The van der Waals surface area contributed by atoms with Gasteiger partial charge in [0, 0.05) is 31.7 Å². The number of halogens is 1. The number of nitrogens with one attached hydrogen (secondary N) is 1. The van der Waals surface area contributed by atoms with E-state index < -0.39 is 0 Å². The summed E-state index contributed by atoms with van der Waals surface area (Å²) in [5, 5.41) is 4.11. The van der Waals surface area contributed by atoms with Crippen LogP contribution in [0.5, 0.6) is 0 Å². The average Bonchev–Trinajstić information content (AvgIpc) is 3.20. The minimum absolute atomic E-state index is 0.0837. The fraction of sp³-hybridized carbons (Fsp3) is 0.500. The predicted molar refractivity (Wildman–Crippen MR) is 139 cm³/mol. The topological polar surface area (TPSA) is 57.7 Å². The Labute approximate surface area is 212 Å². The summed E-state index contributed by atoms with van der Waals surface area (Å²) in [7, 11) is 0. The van der Waals surface area contributed by atoms with Crippen LogP contribution in [0.4, 0.5) is 0 Å². The fourth-order valence-corrected chi connectivity index (χ4v) is 5.80. The minimum Gasteiger partial charge on any atom is -0.468 e. The molecule has 0 bridgehead atoms. The number of hydrogen-bond acceptors (Lipinski definition) is 5.